The minimum atomic E-state index is -0.170. The van der Waals surface area contributed by atoms with Crippen molar-refractivity contribution in [1.82, 2.24) is 4.90 Å². The number of aliphatic hydroxyl groups excluding tert-OH is 1. The molecule has 1 N–H and O–H groups in total. The van der Waals surface area contributed by atoms with Gasteiger partial charge in [-0.2, -0.15) is 0 Å². The van der Waals surface area contributed by atoms with Crippen LogP contribution in [0.25, 0.3) is 0 Å². The van der Waals surface area contributed by atoms with E-state index in [0.717, 1.165) is 0 Å². The number of carbonyl (C=O) groups is 2. The number of carbonyl (C=O) groups excluding carboxylic acids is 2. The van der Waals surface area contributed by atoms with Crippen molar-refractivity contribution in [2.24, 2.45) is 5.92 Å². The molecular weight excluding hydrogens is 198 g/mol. The van der Waals surface area contributed by atoms with Crippen LogP contribution in [-0.2, 0) is 14.3 Å². The summed E-state index contributed by atoms with van der Waals surface area (Å²) in [7, 11) is 0. The van der Waals surface area contributed by atoms with E-state index in [-0.39, 0.29) is 24.3 Å². The van der Waals surface area contributed by atoms with Gasteiger partial charge in [0.05, 0.1) is 13.2 Å². The standard InChI is InChI=1S/C10H17NO4/c1-8-7-9(13)11(10(8)14)3-2-5-15-6-4-12/h8,12H,2-7H2,1H3. The van der Waals surface area contributed by atoms with Gasteiger partial charge in [0.1, 0.15) is 0 Å². The highest BCUT2D eigenvalue weighted by Gasteiger charge is 2.34. The van der Waals surface area contributed by atoms with Gasteiger partial charge in [0.2, 0.25) is 11.8 Å². The fourth-order valence-electron chi connectivity index (χ4n) is 1.57. The highest BCUT2D eigenvalue weighted by atomic mass is 16.5. The van der Waals surface area contributed by atoms with Gasteiger partial charge in [0.15, 0.2) is 0 Å². The first-order chi connectivity index (χ1) is 7.16. The highest BCUT2D eigenvalue weighted by molar-refractivity contribution is 6.03. The molecule has 0 saturated carbocycles. The fraction of sp³-hybridized carbons (Fsp3) is 0.800. The molecule has 0 bridgehead atoms. The zero-order valence-corrected chi connectivity index (χ0v) is 8.94. The van der Waals surface area contributed by atoms with Gasteiger partial charge in [0.25, 0.3) is 0 Å². The Balaban J connectivity index is 2.21. The van der Waals surface area contributed by atoms with Crippen LogP contribution in [0.15, 0.2) is 0 Å². The summed E-state index contributed by atoms with van der Waals surface area (Å²) in [5, 5.41) is 8.45. The molecule has 1 atom stereocenters. The number of imide groups is 1. The molecule has 0 aromatic rings. The second-order valence-electron chi connectivity index (χ2n) is 3.68. The van der Waals surface area contributed by atoms with E-state index < -0.39 is 0 Å². The van der Waals surface area contributed by atoms with Crippen LogP contribution >= 0.6 is 0 Å². The van der Waals surface area contributed by atoms with E-state index in [0.29, 0.717) is 32.6 Å². The Morgan fingerprint density at radius 2 is 2.20 bits per heavy atom. The number of aliphatic hydroxyl groups is 1. The topological polar surface area (TPSA) is 66.8 Å². The lowest BCUT2D eigenvalue weighted by Gasteiger charge is -2.13. The van der Waals surface area contributed by atoms with Crippen LogP contribution in [0.1, 0.15) is 19.8 Å². The van der Waals surface area contributed by atoms with Gasteiger partial charge < -0.3 is 9.84 Å². The van der Waals surface area contributed by atoms with Crippen molar-refractivity contribution in [1.29, 1.82) is 0 Å². The number of likely N-dealkylation sites (tertiary alicyclic amines) is 1. The largest absolute Gasteiger partial charge is 0.394 e. The second kappa shape index (κ2) is 5.82. The van der Waals surface area contributed by atoms with Crippen molar-refractivity contribution in [3.8, 4) is 0 Å². The predicted octanol–water partition coefficient (Wildman–Crippen LogP) is -0.220. The molecule has 15 heavy (non-hydrogen) atoms. The molecular formula is C10H17NO4. The molecule has 5 nitrogen and oxygen atoms in total. The van der Waals surface area contributed by atoms with Gasteiger partial charge in [-0.25, -0.2) is 0 Å². The summed E-state index contributed by atoms with van der Waals surface area (Å²) in [6.07, 6.45) is 0.959. The maximum Gasteiger partial charge on any atom is 0.232 e. The third-order valence-electron chi connectivity index (χ3n) is 2.38. The molecule has 1 rings (SSSR count). The second-order valence-corrected chi connectivity index (χ2v) is 3.68. The van der Waals surface area contributed by atoms with Gasteiger partial charge in [-0.15, -0.1) is 0 Å². The number of amides is 2. The Morgan fingerprint density at radius 1 is 1.47 bits per heavy atom. The molecule has 0 aromatic carbocycles. The fourth-order valence-corrected chi connectivity index (χ4v) is 1.57. The van der Waals surface area contributed by atoms with Crippen LogP contribution in [0, 0.1) is 5.92 Å². The number of rotatable bonds is 6. The van der Waals surface area contributed by atoms with E-state index in [2.05, 4.69) is 0 Å². The molecule has 0 spiro atoms. The normalized spacial score (nSPS) is 21.5. The molecule has 1 heterocycles. The van der Waals surface area contributed by atoms with E-state index in [9.17, 15) is 9.59 Å². The minimum Gasteiger partial charge on any atom is -0.394 e. The quantitative estimate of drug-likeness (QED) is 0.491. The Morgan fingerprint density at radius 3 is 2.73 bits per heavy atom. The van der Waals surface area contributed by atoms with Gasteiger partial charge in [0, 0.05) is 25.5 Å². The van der Waals surface area contributed by atoms with E-state index in [1.54, 1.807) is 6.92 Å². The van der Waals surface area contributed by atoms with Crippen LogP contribution < -0.4 is 0 Å². The smallest absolute Gasteiger partial charge is 0.232 e. The van der Waals surface area contributed by atoms with Crippen molar-refractivity contribution in [2.75, 3.05) is 26.4 Å². The summed E-state index contributed by atoms with van der Waals surface area (Å²) in [6.45, 7) is 2.96. The number of nitrogens with zero attached hydrogens (tertiary/aromatic N) is 1. The number of hydrogen-bond donors (Lipinski definition) is 1. The zero-order valence-electron chi connectivity index (χ0n) is 8.94. The average Bonchev–Trinajstić information content (AvgIpc) is 2.44. The first-order valence-corrected chi connectivity index (χ1v) is 5.19. The van der Waals surface area contributed by atoms with Crippen LogP contribution in [0.5, 0.6) is 0 Å². The lowest BCUT2D eigenvalue weighted by molar-refractivity contribution is -0.139. The average molecular weight is 215 g/mol. The molecule has 1 aliphatic heterocycles. The third-order valence-corrected chi connectivity index (χ3v) is 2.38. The van der Waals surface area contributed by atoms with E-state index in [1.165, 1.54) is 4.90 Å². The SMILES string of the molecule is CC1CC(=O)N(CCCOCCO)C1=O. The number of ether oxygens (including phenoxy) is 1. The molecule has 1 saturated heterocycles. The van der Waals surface area contributed by atoms with Gasteiger partial charge in [-0.3, -0.25) is 14.5 Å². The summed E-state index contributed by atoms with van der Waals surface area (Å²) in [5.74, 6) is -0.340. The van der Waals surface area contributed by atoms with Crippen LogP contribution in [0.4, 0.5) is 0 Å². The number of hydrogen-bond acceptors (Lipinski definition) is 4. The Kier molecular flexibility index (Phi) is 4.71. The van der Waals surface area contributed by atoms with Crippen molar-refractivity contribution >= 4 is 11.8 Å². The van der Waals surface area contributed by atoms with E-state index >= 15 is 0 Å². The zero-order chi connectivity index (χ0) is 11.3. The molecule has 1 aliphatic rings. The summed E-state index contributed by atoms with van der Waals surface area (Å²) in [4.78, 5) is 24.1. The van der Waals surface area contributed by atoms with Gasteiger partial charge >= 0.3 is 0 Å². The Hall–Kier alpha value is -0.940. The minimum absolute atomic E-state index is 0.00138. The summed E-state index contributed by atoms with van der Waals surface area (Å²) in [6, 6.07) is 0. The Bertz CT molecular complexity index is 242. The van der Waals surface area contributed by atoms with Crippen molar-refractivity contribution in [2.45, 2.75) is 19.8 Å². The highest BCUT2D eigenvalue weighted by Crippen LogP contribution is 2.18. The lowest BCUT2D eigenvalue weighted by Crippen LogP contribution is -2.31. The first kappa shape index (κ1) is 12.1. The molecule has 2 amide bonds. The molecule has 86 valence electrons. The van der Waals surface area contributed by atoms with Gasteiger partial charge in [-0.1, -0.05) is 6.92 Å². The molecule has 1 fully saturated rings. The molecule has 0 aromatic heterocycles. The maximum absolute atomic E-state index is 11.5. The maximum atomic E-state index is 11.5. The molecule has 1 unspecified atom stereocenters. The predicted molar refractivity (Wildman–Crippen MR) is 53.0 cm³/mol. The van der Waals surface area contributed by atoms with E-state index in [1.807, 2.05) is 0 Å². The van der Waals surface area contributed by atoms with Crippen LogP contribution in [-0.4, -0.2) is 48.2 Å². The third kappa shape index (κ3) is 3.28. The molecule has 5 heteroatoms. The first-order valence-electron chi connectivity index (χ1n) is 5.19. The van der Waals surface area contributed by atoms with Crippen molar-refractivity contribution < 1.29 is 19.4 Å². The van der Waals surface area contributed by atoms with Crippen LogP contribution in [0.3, 0.4) is 0 Å². The lowest BCUT2D eigenvalue weighted by atomic mass is 10.1. The monoisotopic (exact) mass is 215 g/mol. The van der Waals surface area contributed by atoms with E-state index in [4.69, 9.17) is 9.84 Å². The molecule has 0 aliphatic carbocycles. The van der Waals surface area contributed by atoms with Crippen molar-refractivity contribution in [3.05, 3.63) is 0 Å². The van der Waals surface area contributed by atoms with Crippen molar-refractivity contribution in [3.63, 3.8) is 0 Å². The summed E-state index contributed by atoms with van der Waals surface area (Å²) >= 11 is 0. The molecule has 0 radical (unpaired) electrons. The summed E-state index contributed by atoms with van der Waals surface area (Å²) < 4.78 is 5.04. The summed E-state index contributed by atoms with van der Waals surface area (Å²) in [5.41, 5.74) is 0. The Labute approximate surface area is 89.0 Å². The van der Waals surface area contributed by atoms with Gasteiger partial charge in [-0.05, 0) is 6.42 Å². The van der Waals surface area contributed by atoms with Crippen LogP contribution in [0.2, 0.25) is 0 Å².